The van der Waals surface area contributed by atoms with Crippen molar-refractivity contribution in [1.29, 1.82) is 0 Å². The van der Waals surface area contributed by atoms with E-state index in [0.717, 1.165) is 19.3 Å². The van der Waals surface area contributed by atoms with E-state index in [0.29, 0.717) is 5.92 Å². The highest BCUT2D eigenvalue weighted by Gasteiger charge is 2.61. The zero-order chi connectivity index (χ0) is 8.77. The molecule has 0 amide bonds. The Balaban J connectivity index is 1.95. The summed E-state index contributed by atoms with van der Waals surface area (Å²) in [5.74, 6) is 0.678. The normalized spacial score (nSPS) is 45.1. The maximum atomic E-state index is 10.3. The lowest BCUT2D eigenvalue weighted by atomic mass is 9.83. The van der Waals surface area contributed by atoms with E-state index in [-0.39, 0.29) is 23.2 Å². The highest BCUT2D eigenvalue weighted by atomic mass is 16.7. The van der Waals surface area contributed by atoms with Crippen LogP contribution in [0.2, 0.25) is 0 Å². The first kappa shape index (κ1) is 7.98. The second-order valence-electron chi connectivity index (χ2n) is 4.04. The van der Waals surface area contributed by atoms with Crippen LogP contribution in [0.5, 0.6) is 0 Å². The SMILES string of the molecule is CC1CCC2(C[N+](=O)[O-])OC2C1. The fourth-order valence-electron chi connectivity index (χ4n) is 2.14. The van der Waals surface area contributed by atoms with Crippen LogP contribution in [0.1, 0.15) is 26.2 Å². The molecule has 0 aromatic rings. The number of nitrogens with zero attached hydrogens (tertiary/aromatic N) is 1. The van der Waals surface area contributed by atoms with E-state index in [1.165, 1.54) is 0 Å². The Morgan fingerprint density at radius 3 is 3.08 bits per heavy atom. The third-order valence-corrected chi connectivity index (χ3v) is 2.98. The van der Waals surface area contributed by atoms with E-state index in [9.17, 15) is 10.1 Å². The highest BCUT2D eigenvalue weighted by molar-refractivity contribution is 5.06. The molecule has 1 saturated carbocycles. The van der Waals surface area contributed by atoms with E-state index in [4.69, 9.17) is 4.74 Å². The van der Waals surface area contributed by atoms with E-state index in [1.807, 2.05) is 0 Å². The number of fused-ring (bicyclic) bond motifs is 1. The fraction of sp³-hybridized carbons (Fsp3) is 1.00. The van der Waals surface area contributed by atoms with Gasteiger partial charge in [-0.05, 0) is 25.2 Å². The molecule has 4 nitrogen and oxygen atoms in total. The molecule has 1 aliphatic heterocycles. The molecule has 1 saturated heterocycles. The molecule has 0 N–H and O–H groups in total. The standard InChI is InChI=1S/C8H13NO3/c1-6-2-3-8(5-9(10)11)7(4-6)12-8/h6-7H,2-5H2,1H3. The molecule has 0 spiro atoms. The molecule has 3 unspecified atom stereocenters. The van der Waals surface area contributed by atoms with Gasteiger partial charge in [0.1, 0.15) is 0 Å². The lowest BCUT2D eigenvalue weighted by molar-refractivity contribution is -0.489. The number of nitro groups is 1. The minimum atomic E-state index is -0.351. The molecule has 2 rings (SSSR count). The van der Waals surface area contributed by atoms with Crippen molar-refractivity contribution in [2.75, 3.05) is 6.54 Å². The number of hydrogen-bond acceptors (Lipinski definition) is 3. The number of ether oxygens (including phenoxy) is 1. The van der Waals surface area contributed by atoms with Crippen molar-refractivity contribution in [3.05, 3.63) is 10.1 Å². The van der Waals surface area contributed by atoms with Crippen LogP contribution in [0.4, 0.5) is 0 Å². The Morgan fingerprint density at radius 2 is 2.50 bits per heavy atom. The molecule has 0 bridgehead atoms. The molecule has 12 heavy (non-hydrogen) atoms. The molecule has 3 atom stereocenters. The minimum Gasteiger partial charge on any atom is -0.359 e. The van der Waals surface area contributed by atoms with Crippen LogP contribution in [0.3, 0.4) is 0 Å². The minimum absolute atomic E-state index is 0.00435. The predicted molar refractivity (Wildman–Crippen MR) is 42.5 cm³/mol. The molecular formula is C8H13NO3. The van der Waals surface area contributed by atoms with Gasteiger partial charge in [0.2, 0.25) is 6.54 Å². The lowest BCUT2D eigenvalue weighted by Gasteiger charge is -2.18. The average molecular weight is 171 g/mol. The topological polar surface area (TPSA) is 55.7 Å². The predicted octanol–water partition coefficient (Wildman–Crippen LogP) is 1.22. The quantitative estimate of drug-likeness (QED) is 0.356. The van der Waals surface area contributed by atoms with Crippen molar-refractivity contribution in [3.63, 3.8) is 0 Å². The second kappa shape index (κ2) is 2.42. The van der Waals surface area contributed by atoms with Gasteiger partial charge in [-0.3, -0.25) is 10.1 Å². The lowest BCUT2D eigenvalue weighted by Crippen LogP contribution is -2.30. The summed E-state index contributed by atoms with van der Waals surface area (Å²) in [6.07, 6.45) is 3.14. The number of rotatable bonds is 2. The van der Waals surface area contributed by atoms with Gasteiger partial charge in [0.05, 0.1) is 6.10 Å². The van der Waals surface area contributed by atoms with E-state index in [2.05, 4.69) is 6.92 Å². The molecule has 68 valence electrons. The Labute approximate surface area is 71.0 Å². The van der Waals surface area contributed by atoms with Gasteiger partial charge in [-0.1, -0.05) is 6.92 Å². The molecule has 2 fully saturated rings. The van der Waals surface area contributed by atoms with Crippen molar-refractivity contribution in [2.45, 2.75) is 37.9 Å². The van der Waals surface area contributed by atoms with Crippen molar-refractivity contribution in [2.24, 2.45) is 5.92 Å². The monoisotopic (exact) mass is 171 g/mol. The number of epoxide rings is 1. The number of hydrogen-bond donors (Lipinski definition) is 0. The zero-order valence-electron chi connectivity index (χ0n) is 7.16. The van der Waals surface area contributed by atoms with Crippen LogP contribution >= 0.6 is 0 Å². The maximum absolute atomic E-state index is 10.3. The molecule has 0 aromatic heterocycles. The van der Waals surface area contributed by atoms with Gasteiger partial charge in [-0.25, -0.2) is 0 Å². The average Bonchev–Trinajstić information content (AvgIpc) is 2.60. The summed E-state index contributed by atoms with van der Waals surface area (Å²) in [4.78, 5) is 10.1. The van der Waals surface area contributed by atoms with Crippen molar-refractivity contribution < 1.29 is 9.66 Å². The van der Waals surface area contributed by atoms with Gasteiger partial charge in [0.25, 0.3) is 0 Å². The molecule has 2 aliphatic rings. The summed E-state index contributed by atoms with van der Waals surface area (Å²) in [5.41, 5.74) is -0.351. The Hall–Kier alpha value is -0.640. The van der Waals surface area contributed by atoms with Crippen LogP contribution in [-0.2, 0) is 4.74 Å². The van der Waals surface area contributed by atoms with Crippen LogP contribution in [0, 0.1) is 16.0 Å². The van der Waals surface area contributed by atoms with Gasteiger partial charge in [0, 0.05) is 4.92 Å². The maximum Gasteiger partial charge on any atom is 0.235 e. The summed E-state index contributed by atoms with van der Waals surface area (Å²) >= 11 is 0. The first-order valence-electron chi connectivity index (χ1n) is 4.42. The van der Waals surface area contributed by atoms with Gasteiger partial charge < -0.3 is 4.74 Å². The molecule has 0 radical (unpaired) electrons. The second-order valence-corrected chi connectivity index (χ2v) is 4.04. The van der Waals surface area contributed by atoms with Crippen LogP contribution < -0.4 is 0 Å². The van der Waals surface area contributed by atoms with Crippen LogP contribution in [0.25, 0.3) is 0 Å². The zero-order valence-corrected chi connectivity index (χ0v) is 7.16. The van der Waals surface area contributed by atoms with E-state index >= 15 is 0 Å². The third-order valence-electron chi connectivity index (χ3n) is 2.98. The van der Waals surface area contributed by atoms with Crippen molar-refractivity contribution in [3.8, 4) is 0 Å². The van der Waals surface area contributed by atoms with Gasteiger partial charge in [-0.15, -0.1) is 0 Å². The van der Waals surface area contributed by atoms with E-state index in [1.54, 1.807) is 0 Å². The molecule has 0 aromatic carbocycles. The molecule has 1 heterocycles. The smallest absolute Gasteiger partial charge is 0.235 e. The molecule has 4 heteroatoms. The first-order chi connectivity index (χ1) is 5.62. The summed E-state index contributed by atoms with van der Waals surface area (Å²) in [6, 6.07) is 0. The summed E-state index contributed by atoms with van der Waals surface area (Å²) < 4.78 is 5.40. The largest absolute Gasteiger partial charge is 0.359 e. The summed E-state index contributed by atoms with van der Waals surface area (Å²) in [6.45, 7) is 2.18. The highest BCUT2D eigenvalue weighted by Crippen LogP contribution is 2.49. The Kier molecular flexibility index (Phi) is 1.61. The van der Waals surface area contributed by atoms with Crippen molar-refractivity contribution in [1.82, 2.24) is 0 Å². The van der Waals surface area contributed by atoms with Gasteiger partial charge in [0.15, 0.2) is 5.60 Å². The molecular weight excluding hydrogens is 158 g/mol. The van der Waals surface area contributed by atoms with E-state index < -0.39 is 0 Å². The van der Waals surface area contributed by atoms with Crippen molar-refractivity contribution >= 4 is 0 Å². The fourth-order valence-corrected chi connectivity index (χ4v) is 2.14. The Bertz CT molecular complexity index is 218. The Morgan fingerprint density at radius 1 is 1.75 bits per heavy atom. The van der Waals surface area contributed by atoms with Crippen LogP contribution in [-0.4, -0.2) is 23.2 Å². The third kappa shape index (κ3) is 1.20. The first-order valence-corrected chi connectivity index (χ1v) is 4.42. The summed E-state index contributed by atoms with van der Waals surface area (Å²) in [7, 11) is 0. The van der Waals surface area contributed by atoms with Gasteiger partial charge >= 0.3 is 0 Å². The van der Waals surface area contributed by atoms with Crippen LogP contribution in [0.15, 0.2) is 0 Å². The summed E-state index contributed by atoms with van der Waals surface area (Å²) in [5, 5.41) is 10.3. The molecule has 1 aliphatic carbocycles. The van der Waals surface area contributed by atoms with Gasteiger partial charge in [-0.2, -0.15) is 0 Å².